The third kappa shape index (κ3) is 3.31. The van der Waals surface area contributed by atoms with Crippen LogP contribution in [0.2, 0.25) is 0 Å². The molecule has 3 heterocycles. The van der Waals surface area contributed by atoms with Crippen LogP contribution >= 0.6 is 11.3 Å². The van der Waals surface area contributed by atoms with Crippen LogP contribution in [0.3, 0.4) is 0 Å². The Morgan fingerprint density at radius 1 is 1.29 bits per heavy atom. The first kappa shape index (κ1) is 18.4. The molecule has 1 amide bonds. The lowest BCUT2D eigenvalue weighted by Gasteiger charge is -2.18. The molecule has 7 nitrogen and oxygen atoms in total. The molecule has 0 aliphatic rings. The van der Waals surface area contributed by atoms with Crippen LogP contribution in [0.15, 0.2) is 35.4 Å². The summed E-state index contributed by atoms with van der Waals surface area (Å²) in [6, 6.07) is 7.54. The van der Waals surface area contributed by atoms with Crippen LogP contribution in [-0.4, -0.2) is 25.8 Å². The molecular weight excluding hydrogens is 374 g/mol. The van der Waals surface area contributed by atoms with Gasteiger partial charge in [-0.2, -0.15) is 0 Å². The van der Waals surface area contributed by atoms with Crippen molar-refractivity contribution in [3.63, 3.8) is 0 Å². The molecule has 8 heteroatoms. The molecule has 0 aliphatic heterocycles. The number of aromatic amines is 2. The molecule has 1 aromatic carbocycles. The smallest absolute Gasteiger partial charge is 0.262 e. The molecule has 1 atom stereocenters. The van der Waals surface area contributed by atoms with Gasteiger partial charge in [-0.05, 0) is 37.0 Å². The van der Waals surface area contributed by atoms with Gasteiger partial charge in [-0.25, -0.2) is 9.97 Å². The molecule has 144 valence electrons. The molecule has 0 unspecified atom stereocenters. The lowest BCUT2D eigenvalue weighted by molar-refractivity contribution is 0.0933. The third-order valence-corrected chi connectivity index (χ3v) is 5.89. The second-order valence-corrected chi connectivity index (χ2v) is 8.26. The van der Waals surface area contributed by atoms with Gasteiger partial charge in [-0.3, -0.25) is 9.59 Å². The Morgan fingerprint density at radius 3 is 2.79 bits per heavy atom. The predicted molar refractivity (Wildman–Crippen MR) is 111 cm³/mol. The first-order valence-corrected chi connectivity index (χ1v) is 9.98. The maximum atomic E-state index is 13.0. The van der Waals surface area contributed by atoms with Crippen LogP contribution in [0.4, 0.5) is 0 Å². The number of aryl methyl sites for hydroxylation is 1. The standard InChI is InChI=1S/C20H21N5O2S/c1-10(2)8-14(17-23-12-6-4-5-7-13(12)24-17)25-19(27)16-11(3)15-18(26)21-9-22-20(15)28-16/h4-7,9-10,14H,8H2,1-3H3,(H,23,24)(H,25,27)(H,21,22,26)/t14-/m0/s1. The fraction of sp³-hybridized carbons (Fsp3) is 0.300. The van der Waals surface area contributed by atoms with E-state index in [0.717, 1.165) is 23.3 Å². The van der Waals surface area contributed by atoms with E-state index in [9.17, 15) is 9.59 Å². The van der Waals surface area contributed by atoms with Crippen molar-refractivity contribution in [2.24, 2.45) is 5.92 Å². The van der Waals surface area contributed by atoms with Crippen molar-refractivity contribution >= 4 is 38.5 Å². The minimum Gasteiger partial charge on any atom is -0.341 e. The molecule has 0 bridgehead atoms. The average Bonchev–Trinajstić information content (AvgIpc) is 3.23. The highest BCUT2D eigenvalue weighted by Gasteiger charge is 2.24. The number of nitrogens with zero attached hydrogens (tertiary/aromatic N) is 2. The van der Waals surface area contributed by atoms with E-state index in [2.05, 4.69) is 39.1 Å². The van der Waals surface area contributed by atoms with Crippen molar-refractivity contribution in [1.29, 1.82) is 0 Å². The van der Waals surface area contributed by atoms with Gasteiger partial charge >= 0.3 is 0 Å². The molecule has 3 N–H and O–H groups in total. The Hall–Kier alpha value is -3.00. The van der Waals surface area contributed by atoms with E-state index < -0.39 is 0 Å². The molecule has 3 aromatic heterocycles. The number of hydrogen-bond acceptors (Lipinski definition) is 5. The molecule has 0 fully saturated rings. The number of fused-ring (bicyclic) bond motifs is 2. The monoisotopic (exact) mass is 395 g/mol. The lowest BCUT2D eigenvalue weighted by Crippen LogP contribution is -2.30. The quantitative estimate of drug-likeness (QED) is 0.479. The zero-order valence-corrected chi connectivity index (χ0v) is 16.7. The molecule has 0 saturated heterocycles. The summed E-state index contributed by atoms with van der Waals surface area (Å²) in [6.07, 6.45) is 2.10. The number of carbonyl (C=O) groups is 1. The van der Waals surface area contributed by atoms with Gasteiger partial charge in [-0.15, -0.1) is 11.3 Å². The fourth-order valence-corrected chi connectivity index (χ4v) is 4.42. The molecule has 0 radical (unpaired) electrons. The van der Waals surface area contributed by atoms with E-state index in [1.54, 1.807) is 6.92 Å². The van der Waals surface area contributed by atoms with Crippen molar-refractivity contribution in [1.82, 2.24) is 25.3 Å². The number of para-hydroxylation sites is 2. The van der Waals surface area contributed by atoms with Gasteiger partial charge in [0.05, 0.1) is 33.7 Å². The molecular formula is C20H21N5O2S. The zero-order chi connectivity index (χ0) is 19.8. The number of amides is 1. The van der Waals surface area contributed by atoms with Gasteiger partial charge in [0.1, 0.15) is 10.7 Å². The van der Waals surface area contributed by atoms with Gasteiger partial charge in [0.15, 0.2) is 0 Å². The first-order chi connectivity index (χ1) is 13.4. The van der Waals surface area contributed by atoms with Gasteiger partial charge in [0, 0.05) is 0 Å². The van der Waals surface area contributed by atoms with E-state index in [1.165, 1.54) is 17.7 Å². The maximum absolute atomic E-state index is 13.0. The van der Waals surface area contributed by atoms with Gasteiger partial charge in [0.2, 0.25) is 0 Å². The summed E-state index contributed by atoms with van der Waals surface area (Å²) in [7, 11) is 0. The number of H-pyrrole nitrogens is 2. The molecule has 28 heavy (non-hydrogen) atoms. The normalized spacial score (nSPS) is 12.7. The highest BCUT2D eigenvalue weighted by Crippen LogP contribution is 2.28. The van der Waals surface area contributed by atoms with Crippen molar-refractivity contribution in [3.05, 3.63) is 57.2 Å². The van der Waals surface area contributed by atoms with E-state index in [4.69, 9.17) is 0 Å². The average molecular weight is 395 g/mol. The molecule has 0 spiro atoms. The Morgan fingerprint density at radius 2 is 2.07 bits per heavy atom. The van der Waals surface area contributed by atoms with Crippen molar-refractivity contribution in [2.75, 3.05) is 0 Å². The summed E-state index contributed by atoms with van der Waals surface area (Å²) < 4.78 is 0. The highest BCUT2D eigenvalue weighted by atomic mass is 32.1. The van der Waals surface area contributed by atoms with Crippen LogP contribution in [0.5, 0.6) is 0 Å². The minimum absolute atomic E-state index is 0.217. The fourth-order valence-electron chi connectivity index (χ4n) is 3.37. The third-order valence-electron chi connectivity index (χ3n) is 4.69. The van der Waals surface area contributed by atoms with Gasteiger partial charge < -0.3 is 15.3 Å². The van der Waals surface area contributed by atoms with Crippen LogP contribution < -0.4 is 10.9 Å². The van der Waals surface area contributed by atoms with Crippen molar-refractivity contribution in [2.45, 2.75) is 33.2 Å². The summed E-state index contributed by atoms with van der Waals surface area (Å²) in [4.78, 5) is 40.9. The number of benzene rings is 1. The molecule has 0 saturated carbocycles. The maximum Gasteiger partial charge on any atom is 0.262 e. The van der Waals surface area contributed by atoms with Crippen LogP contribution in [-0.2, 0) is 0 Å². The van der Waals surface area contributed by atoms with Gasteiger partial charge in [-0.1, -0.05) is 26.0 Å². The van der Waals surface area contributed by atoms with Crippen LogP contribution in [0, 0.1) is 12.8 Å². The van der Waals surface area contributed by atoms with Gasteiger partial charge in [0.25, 0.3) is 11.5 Å². The Kier molecular flexibility index (Phi) is 4.72. The minimum atomic E-state index is -0.254. The van der Waals surface area contributed by atoms with E-state index in [0.29, 0.717) is 26.6 Å². The Balaban J connectivity index is 1.69. The SMILES string of the molecule is Cc1c(C(=O)N[C@@H](CC(C)C)c2nc3ccccc3[nH]2)sc2nc[nH]c(=O)c12. The van der Waals surface area contributed by atoms with Crippen molar-refractivity contribution < 1.29 is 4.79 Å². The summed E-state index contributed by atoms with van der Waals surface area (Å²) in [5.41, 5.74) is 2.23. The summed E-state index contributed by atoms with van der Waals surface area (Å²) >= 11 is 1.23. The molecule has 0 aliphatic carbocycles. The largest absolute Gasteiger partial charge is 0.341 e. The highest BCUT2D eigenvalue weighted by molar-refractivity contribution is 7.20. The van der Waals surface area contributed by atoms with Crippen LogP contribution in [0.25, 0.3) is 21.3 Å². The zero-order valence-electron chi connectivity index (χ0n) is 15.9. The second kappa shape index (κ2) is 7.20. The number of imidazole rings is 1. The first-order valence-electron chi connectivity index (χ1n) is 9.16. The number of aromatic nitrogens is 4. The predicted octanol–water partition coefficient (Wildman–Crippen LogP) is 3.69. The van der Waals surface area contributed by atoms with Crippen molar-refractivity contribution in [3.8, 4) is 0 Å². The summed E-state index contributed by atoms with van der Waals surface area (Å²) in [5.74, 6) is 0.885. The Labute approximate surface area is 165 Å². The number of nitrogens with one attached hydrogen (secondary N) is 3. The number of carbonyl (C=O) groups excluding carboxylic acids is 1. The number of hydrogen-bond donors (Lipinski definition) is 3. The number of rotatable bonds is 5. The Bertz CT molecular complexity index is 1190. The van der Waals surface area contributed by atoms with E-state index in [1.807, 2.05) is 24.3 Å². The molecule has 4 aromatic rings. The second-order valence-electron chi connectivity index (χ2n) is 7.26. The molecule has 4 rings (SSSR count). The summed E-state index contributed by atoms with van der Waals surface area (Å²) in [5, 5.41) is 3.57. The van der Waals surface area contributed by atoms with E-state index >= 15 is 0 Å². The van der Waals surface area contributed by atoms with Crippen LogP contribution in [0.1, 0.15) is 47.4 Å². The van der Waals surface area contributed by atoms with E-state index in [-0.39, 0.29) is 17.5 Å². The number of thiophene rings is 1. The lowest BCUT2D eigenvalue weighted by atomic mass is 10.0. The topological polar surface area (TPSA) is 104 Å². The summed E-state index contributed by atoms with van der Waals surface area (Å²) in [6.45, 7) is 6.00.